The molecule has 3 heterocycles. The van der Waals surface area contributed by atoms with Crippen LogP contribution in [0.2, 0.25) is 0 Å². The summed E-state index contributed by atoms with van der Waals surface area (Å²) in [5.74, 6) is -1.14. The van der Waals surface area contributed by atoms with Gasteiger partial charge in [-0.2, -0.15) is 5.10 Å². The van der Waals surface area contributed by atoms with E-state index in [1.165, 1.54) is 18.3 Å². The van der Waals surface area contributed by atoms with Gasteiger partial charge < -0.3 is 15.3 Å². The number of rotatable bonds is 4. The van der Waals surface area contributed by atoms with E-state index in [1.807, 2.05) is 17.0 Å². The minimum atomic E-state index is -0.520. The predicted octanol–water partition coefficient (Wildman–Crippen LogP) is 3.60. The van der Waals surface area contributed by atoms with Crippen molar-refractivity contribution in [3.63, 3.8) is 0 Å². The standard InChI is InChI=1S/C23H24F2N4O2/c24-14-6-7-18(25)16(11-14)20-4-2-9-28(20)15-8-10-29-21(12-15)17(13-26-29)23(31)27-19-3-1-5-22(19)30/h6-8,10-13,19-20,22,30H,1-5,9H2,(H,27,31). The van der Waals surface area contributed by atoms with Gasteiger partial charge in [0.05, 0.1) is 35.5 Å². The zero-order valence-corrected chi connectivity index (χ0v) is 17.0. The summed E-state index contributed by atoms with van der Waals surface area (Å²) in [6, 6.07) is 6.78. The molecule has 8 heteroatoms. The van der Waals surface area contributed by atoms with Gasteiger partial charge in [0.1, 0.15) is 11.6 Å². The summed E-state index contributed by atoms with van der Waals surface area (Å²) >= 11 is 0. The highest BCUT2D eigenvalue weighted by atomic mass is 19.1. The third kappa shape index (κ3) is 3.65. The molecular formula is C23H24F2N4O2. The molecule has 3 aromatic rings. The van der Waals surface area contributed by atoms with Crippen LogP contribution in [-0.4, -0.2) is 39.3 Å². The molecule has 162 valence electrons. The van der Waals surface area contributed by atoms with Gasteiger partial charge in [-0.15, -0.1) is 0 Å². The van der Waals surface area contributed by atoms with E-state index in [9.17, 15) is 18.7 Å². The van der Waals surface area contributed by atoms with Crippen molar-refractivity contribution >= 4 is 17.1 Å². The SMILES string of the molecule is O=C(NC1CCCC1O)c1cnn2ccc(N3CCCC3c3cc(F)ccc3F)cc12. The summed E-state index contributed by atoms with van der Waals surface area (Å²) in [7, 11) is 0. The van der Waals surface area contributed by atoms with Crippen molar-refractivity contribution in [2.45, 2.75) is 50.3 Å². The number of aliphatic hydroxyl groups is 1. The topological polar surface area (TPSA) is 69.9 Å². The molecule has 0 bridgehead atoms. The van der Waals surface area contributed by atoms with Crippen LogP contribution in [0.15, 0.2) is 42.7 Å². The molecule has 5 rings (SSSR count). The zero-order valence-electron chi connectivity index (χ0n) is 17.0. The van der Waals surface area contributed by atoms with Crippen molar-refractivity contribution in [2.24, 2.45) is 0 Å². The van der Waals surface area contributed by atoms with Crippen molar-refractivity contribution in [1.82, 2.24) is 14.9 Å². The summed E-state index contributed by atoms with van der Waals surface area (Å²) in [5.41, 5.74) is 2.23. The number of nitrogens with zero attached hydrogens (tertiary/aromatic N) is 3. The molecule has 2 aromatic heterocycles. The normalized spacial score (nSPS) is 23.6. The Kier molecular flexibility index (Phi) is 5.09. The van der Waals surface area contributed by atoms with Gasteiger partial charge in [-0.3, -0.25) is 4.79 Å². The molecule has 31 heavy (non-hydrogen) atoms. The number of aromatic nitrogens is 2. The number of fused-ring (bicyclic) bond motifs is 1. The Morgan fingerprint density at radius 1 is 1.13 bits per heavy atom. The minimum Gasteiger partial charge on any atom is -0.391 e. The second-order valence-electron chi connectivity index (χ2n) is 8.37. The van der Waals surface area contributed by atoms with Gasteiger partial charge in [0.15, 0.2) is 0 Å². The van der Waals surface area contributed by atoms with Gasteiger partial charge >= 0.3 is 0 Å². The first kappa shape index (κ1) is 19.9. The van der Waals surface area contributed by atoms with Crippen molar-refractivity contribution in [2.75, 3.05) is 11.4 Å². The van der Waals surface area contributed by atoms with E-state index < -0.39 is 17.7 Å². The fourth-order valence-corrected chi connectivity index (χ4v) is 4.85. The summed E-state index contributed by atoms with van der Waals surface area (Å²) in [5, 5.41) is 17.2. The molecule has 2 N–H and O–H groups in total. The number of hydrogen-bond acceptors (Lipinski definition) is 4. The third-order valence-corrected chi connectivity index (χ3v) is 6.45. The number of halogens is 2. The quantitative estimate of drug-likeness (QED) is 0.669. The number of hydrogen-bond donors (Lipinski definition) is 2. The van der Waals surface area contributed by atoms with Gasteiger partial charge in [0.2, 0.25) is 0 Å². The van der Waals surface area contributed by atoms with E-state index in [2.05, 4.69) is 10.4 Å². The monoisotopic (exact) mass is 426 g/mol. The van der Waals surface area contributed by atoms with Crippen molar-refractivity contribution in [1.29, 1.82) is 0 Å². The molecule has 0 radical (unpaired) electrons. The van der Waals surface area contributed by atoms with E-state index in [0.717, 1.165) is 37.4 Å². The number of carbonyl (C=O) groups excluding carboxylic acids is 1. The molecular weight excluding hydrogens is 402 g/mol. The van der Waals surface area contributed by atoms with Crippen molar-refractivity contribution in [3.8, 4) is 0 Å². The molecule has 1 aromatic carbocycles. The van der Waals surface area contributed by atoms with Gasteiger partial charge in [-0.25, -0.2) is 13.3 Å². The first-order valence-corrected chi connectivity index (χ1v) is 10.7. The fourth-order valence-electron chi connectivity index (χ4n) is 4.85. The maximum Gasteiger partial charge on any atom is 0.255 e. The van der Waals surface area contributed by atoms with E-state index in [1.54, 1.807) is 10.7 Å². The molecule has 1 amide bonds. The molecule has 1 aliphatic heterocycles. The van der Waals surface area contributed by atoms with Crippen molar-refractivity contribution in [3.05, 3.63) is 65.5 Å². The predicted molar refractivity (Wildman–Crippen MR) is 112 cm³/mol. The molecule has 3 atom stereocenters. The first-order chi connectivity index (χ1) is 15.0. The molecule has 6 nitrogen and oxygen atoms in total. The van der Waals surface area contributed by atoms with E-state index in [0.29, 0.717) is 29.6 Å². The summed E-state index contributed by atoms with van der Waals surface area (Å²) in [6.07, 6.45) is 6.68. The highest BCUT2D eigenvalue weighted by Gasteiger charge is 2.30. The zero-order chi connectivity index (χ0) is 21.5. The molecule has 2 fully saturated rings. The molecule has 0 spiro atoms. The summed E-state index contributed by atoms with van der Waals surface area (Å²) in [4.78, 5) is 14.9. The number of amides is 1. The Labute approximate surface area is 178 Å². The fraction of sp³-hybridized carbons (Fsp3) is 0.391. The van der Waals surface area contributed by atoms with Crippen LogP contribution in [0.5, 0.6) is 0 Å². The lowest BCUT2D eigenvalue weighted by Gasteiger charge is -2.27. The molecule has 1 saturated heterocycles. The minimum absolute atomic E-state index is 0.246. The number of benzene rings is 1. The number of pyridine rings is 1. The lowest BCUT2D eigenvalue weighted by Crippen LogP contribution is -2.39. The average molecular weight is 426 g/mol. The smallest absolute Gasteiger partial charge is 0.255 e. The van der Waals surface area contributed by atoms with Crippen LogP contribution in [0.1, 0.15) is 54.1 Å². The van der Waals surface area contributed by atoms with Crippen LogP contribution in [-0.2, 0) is 0 Å². The van der Waals surface area contributed by atoms with E-state index in [-0.39, 0.29) is 18.0 Å². The van der Waals surface area contributed by atoms with Gasteiger partial charge in [0.25, 0.3) is 5.91 Å². The van der Waals surface area contributed by atoms with Crippen LogP contribution in [0.3, 0.4) is 0 Å². The maximum absolute atomic E-state index is 14.4. The number of nitrogens with one attached hydrogen (secondary N) is 1. The highest BCUT2D eigenvalue weighted by Crippen LogP contribution is 2.38. The van der Waals surface area contributed by atoms with Gasteiger partial charge in [-0.05, 0) is 62.4 Å². The molecule has 2 aliphatic rings. The molecule has 3 unspecified atom stereocenters. The Hall–Kier alpha value is -3.00. The third-order valence-electron chi connectivity index (χ3n) is 6.45. The average Bonchev–Trinajstić information content (AvgIpc) is 3.49. The van der Waals surface area contributed by atoms with Gasteiger partial charge in [-0.1, -0.05) is 0 Å². The number of carbonyl (C=O) groups is 1. The Bertz CT molecular complexity index is 1130. The van der Waals surface area contributed by atoms with Crippen LogP contribution >= 0.6 is 0 Å². The number of anilines is 1. The van der Waals surface area contributed by atoms with E-state index in [4.69, 9.17) is 0 Å². The second-order valence-corrected chi connectivity index (χ2v) is 8.37. The van der Waals surface area contributed by atoms with Crippen LogP contribution in [0.25, 0.3) is 5.52 Å². The number of aliphatic hydroxyl groups excluding tert-OH is 1. The van der Waals surface area contributed by atoms with Crippen LogP contribution in [0.4, 0.5) is 14.5 Å². The molecule has 1 saturated carbocycles. The second kappa shape index (κ2) is 7.92. The lowest BCUT2D eigenvalue weighted by atomic mass is 10.0. The van der Waals surface area contributed by atoms with Crippen LogP contribution < -0.4 is 10.2 Å². The largest absolute Gasteiger partial charge is 0.391 e. The highest BCUT2D eigenvalue weighted by molar-refractivity contribution is 6.01. The van der Waals surface area contributed by atoms with Crippen LogP contribution in [0, 0.1) is 11.6 Å². The maximum atomic E-state index is 14.4. The van der Waals surface area contributed by atoms with Crippen molar-refractivity contribution < 1.29 is 18.7 Å². The Morgan fingerprint density at radius 3 is 2.81 bits per heavy atom. The first-order valence-electron chi connectivity index (χ1n) is 10.7. The Balaban J connectivity index is 1.46. The Morgan fingerprint density at radius 2 is 2.00 bits per heavy atom. The van der Waals surface area contributed by atoms with E-state index >= 15 is 0 Å². The lowest BCUT2D eigenvalue weighted by molar-refractivity contribution is 0.0875. The van der Waals surface area contributed by atoms with Gasteiger partial charge in [0, 0.05) is 24.0 Å². The summed E-state index contributed by atoms with van der Waals surface area (Å²) < 4.78 is 29.8. The molecule has 1 aliphatic carbocycles. The summed E-state index contributed by atoms with van der Waals surface area (Å²) in [6.45, 7) is 0.709.